The van der Waals surface area contributed by atoms with Crippen LogP contribution in [-0.2, 0) is 0 Å². The van der Waals surface area contributed by atoms with Crippen LogP contribution in [0.25, 0.3) is 0 Å². The van der Waals surface area contributed by atoms with Crippen LogP contribution in [0.4, 0.5) is 5.69 Å². The number of nitrogens with two attached hydrogens (primary N) is 1. The lowest BCUT2D eigenvalue weighted by atomic mass is 10.1. The predicted molar refractivity (Wildman–Crippen MR) is 58.6 cm³/mol. The van der Waals surface area contributed by atoms with Gasteiger partial charge in [-0.3, -0.25) is 4.79 Å². The lowest BCUT2D eigenvalue weighted by Crippen LogP contribution is -2.02. The number of nitrogen functional groups attached to an aromatic ring is 1. The summed E-state index contributed by atoms with van der Waals surface area (Å²) in [5.41, 5.74) is 6.44. The van der Waals surface area contributed by atoms with Crippen molar-refractivity contribution in [1.82, 2.24) is 0 Å². The van der Waals surface area contributed by atoms with Gasteiger partial charge in [-0.15, -0.1) is 11.6 Å². The molecule has 70 valence electrons. The highest BCUT2D eigenvalue weighted by molar-refractivity contribution is 9.10. The number of Topliss-reactive ketones (excluding diaryl/α,β-unsaturated/α-hetero) is 1. The molecule has 0 radical (unpaired) electrons. The van der Waals surface area contributed by atoms with E-state index in [4.69, 9.17) is 28.9 Å². The molecule has 0 fully saturated rings. The largest absolute Gasteiger partial charge is 0.398 e. The number of carbonyl (C=O) groups excluding carboxylic acids is 1. The van der Waals surface area contributed by atoms with Crippen molar-refractivity contribution in [2.24, 2.45) is 0 Å². The smallest absolute Gasteiger partial charge is 0.179 e. The quantitative estimate of drug-likeness (QED) is 0.515. The molecule has 0 heterocycles. The van der Waals surface area contributed by atoms with Crippen molar-refractivity contribution in [3.63, 3.8) is 0 Å². The molecule has 0 bridgehead atoms. The summed E-state index contributed by atoms with van der Waals surface area (Å²) in [7, 11) is 0. The zero-order chi connectivity index (χ0) is 10.0. The van der Waals surface area contributed by atoms with E-state index in [1.54, 1.807) is 12.1 Å². The van der Waals surface area contributed by atoms with Crippen LogP contribution in [0.15, 0.2) is 16.6 Å². The van der Waals surface area contributed by atoms with E-state index in [0.29, 0.717) is 20.7 Å². The summed E-state index contributed by atoms with van der Waals surface area (Å²) < 4.78 is 0.533. The van der Waals surface area contributed by atoms with Crippen molar-refractivity contribution < 1.29 is 4.79 Å². The highest BCUT2D eigenvalue weighted by Crippen LogP contribution is 2.31. The zero-order valence-electron chi connectivity index (χ0n) is 6.48. The van der Waals surface area contributed by atoms with Gasteiger partial charge >= 0.3 is 0 Å². The molecular weight excluding hydrogens is 277 g/mol. The lowest BCUT2D eigenvalue weighted by molar-refractivity contribution is 0.102. The molecule has 0 saturated carbocycles. The van der Waals surface area contributed by atoms with Crippen LogP contribution in [0.2, 0.25) is 5.02 Å². The van der Waals surface area contributed by atoms with E-state index in [9.17, 15) is 4.79 Å². The summed E-state index contributed by atoms with van der Waals surface area (Å²) in [6.45, 7) is 0. The average Bonchev–Trinajstić information content (AvgIpc) is 2.13. The van der Waals surface area contributed by atoms with Crippen LogP contribution in [0.3, 0.4) is 0 Å². The number of ketones is 1. The first-order valence-electron chi connectivity index (χ1n) is 3.40. The Balaban J connectivity index is 3.26. The molecule has 2 nitrogen and oxygen atoms in total. The summed E-state index contributed by atoms with van der Waals surface area (Å²) in [5.74, 6) is -0.303. The Morgan fingerprint density at radius 2 is 2.15 bits per heavy atom. The first-order valence-corrected chi connectivity index (χ1v) is 5.11. The summed E-state index contributed by atoms with van der Waals surface area (Å²) in [4.78, 5) is 11.2. The van der Waals surface area contributed by atoms with Gasteiger partial charge in [-0.1, -0.05) is 11.6 Å². The second-order valence-electron chi connectivity index (χ2n) is 2.39. The van der Waals surface area contributed by atoms with Gasteiger partial charge in [0.2, 0.25) is 0 Å². The van der Waals surface area contributed by atoms with Crippen molar-refractivity contribution in [1.29, 1.82) is 0 Å². The summed E-state index contributed by atoms with van der Waals surface area (Å²) in [6.07, 6.45) is 0. The fourth-order valence-corrected chi connectivity index (χ4v) is 1.62. The van der Waals surface area contributed by atoms with Crippen molar-refractivity contribution in [3.8, 4) is 0 Å². The Hall–Kier alpha value is -0.250. The molecule has 0 aliphatic carbocycles. The molecule has 2 N–H and O–H groups in total. The molecule has 0 amide bonds. The molecule has 13 heavy (non-hydrogen) atoms. The molecule has 0 aliphatic rings. The minimum Gasteiger partial charge on any atom is -0.398 e. The fourth-order valence-electron chi connectivity index (χ4n) is 0.852. The van der Waals surface area contributed by atoms with Gasteiger partial charge in [0.05, 0.1) is 15.4 Å². The molecule has 0 aliphatic heterocycles. The Kier molecular flexibility index (Phi) is 3.59. The SMILES string of the molecule is Nc1ccc(C(=O)CCl)c(Cl)c1Br. The highest BCUT2D eigenvalue weighted by atomic mass is 79.9. The lowest BCUT2D eigenvalue weighted by Gasteiger charge is -2.05. The molecule has 0 unspecified atom stereocenters. The van der Waals surface area contributed by atoms with Crippen molar-refractivity contribution in [2.75, 3.05) is 11.6 Å². The second-order valence-corrected chi connectivity index (χ2v) is 3.83. The van der Waals surface area contributed by atoms with Gasteiger partial charge in [0.1, 0.15) is 0 Å². The predicted octanol–water partition coefficient (Wildman–Crippen LogP) is 3.11. The topological polar surface area (TPSA) is 43.1 Å². The van der Waals surface area contributed by atoms with Crippen molar-refractivity contribution in [2.45, 2.75) is 0 Å². The first kappa shape index (κ1) is 10.8. The van der Waals surface area contributed by atoms with Crippen LogP contribution in [0.5, 0.6) is 0 Å². The maximum absolute atomic E-state index is 11.2. The fraction of sp³-hybridized carbons (Fsp3) is 0.125. The van der Waals surface area contributed by atoms with Gasteiger partial charge in [0.15, 0.2) is 5.78 Å². The van der Waals surface area contributed by atoms with Crippen molar-refractivity contribution >= 4 is 50.6 Å². The second kappa shape index (κ2) is 4.31. The van der Waals surface area contributed by atoms with E-state index in [-0.39, 0.29) is 11.7 Å². The average molecular weight is 283 g/mol. The molecule has 1 aromatic rings. The van der Waals surface area contributed by atoms with E-state index in [1.807, 2.05) is 0 Å². The van der Waals surface area contributed by atoms with Gasteiger partial charge in [-0.2, -0.15) is 0 Å². The normalized spacial score (nSPS) is 10.1. The van der Waals surface area contributed by atoms with Crippen molar-refractivity contribution in [3.05, 3.63) is 27.2 Å². The van der Waals surface area contributed by atoms with Crippen LogP contribution in [0, 0.1) is 0 Å². The maximum atomic E-state index is 11.2. The van der Waals surface area contributed by atoms with Gasteiger partial charge in [0, 0.05) is 11.3 Å². The summed E-state index contributed by atoms with van der Waals surface area (Å²) in [5, 5.41) is 0.311. The van der Waals surface area contributed by atoms with Gasteiger partial charge in [0.25, 0.3) is 0 Å². The maximum Gasteiger partial charge on any atom is 0.179 e. The molecule has 1 aromatic carbocycles. The molecule has 5 heteroatoms. The molecular formula is C8H6BrCl2NO. The number of rotatable bonds is 2. The van der Waals surface area contributed by atoms with Gasteiger partial charge < -0.3 is 5.73 Å². The minimum atomic E-state index is -0.215. The van der Waals surface area contributed by atoms with Crippen LogP contribution >= 0.6 is 39.1 Å². The number of anilines is 1. The molecule has 0 aromatic heterocycles. The number of carbonyl (C=O) groups is 1. The van der Waals surface area contributed by atoms with Crippen LogP contribution in [-0.4, -0.2) is 11.7 Å². The zero-order valence-corrected chi connectivity index (χ0v) is 9.58. The van der Waals surface area contributed by atoms with Gasteiger partial charge in [-0.05, 0) is 28.1 Å². The Morgan fingerprint density at radius 1 is 1.54 bits per heavy atom. The first-order chi connectivity index (χ1) is 6.07. The van der Waals surface area contributed by atoms with Crippen LogP contribution < -0.4 is 5.73 Å². The molecule has 0 saturated heterocycles. The monoisotopic (exact) mass is 281 g/mol. The van der Waals surface area contributed by atoms with E-state index in [1.165, 1.54) is 0 Å². The van der Waals surface area contributed by atoms with Gasteiger partial charge in [-0.25, -0.2) is 0 Å². The van der Waals surface area contributed by atoms with E-state index < -0.39 is 0 Å². The van der Waals surface area contributed by atoms with E-state index >= 15 is 0 Å². The highest BCUT2D eigenvalue weighted by Gasteiger charge is 2.12. The van der Waals surface area contributed by atoms with E-state index in [0.717, 1.165) is 0 Å². The Bertz CT molecular complexity index is 354. The molecule has 0 atom stereocenters. The number of alkyl halides is 1. The molecule has 0 spiro atoms. The Morgan fingerprint density at radius 3 is 2.69 bits per heavy atom. The van der Waals surface area contributed by atoms with Crippen LogP contribution in [0.1, 0.15) is 10.4 Å². The standard InChI is InChI=1S/C8H6BrCl2NO/c9-7-5(12)2-1-4(8(7)11)6(13)3-10/h1-2H,3,12H2. The summed E-state index contributed by atoms with van der Waals surface area (Å²) in [6, 6.07) is 3.17. The third-order valence-corrected chi connectivity index (χ3v) is 3.25. The third kappa shape index (κ3) is 2.16. The number of halogens is 3. The minimum absolute atomic E-state index is 0.0872. The summed E-state index contributed by atoms with van der Waals surface area (Å²) >= 11 is 14.4. The Labute approximate surface area is 94.1 Å². The number of hydrogen-bond acceptors (Lipinski definition) is 2. The third-order valence-electron chi connectivity index (χ3n) is 1.53. The number of benzene rings is 1. The number of hydrogen-bond donors (Lipinski definition) is 1. The molecule has 1 rings (SSSR count). The van der Waals surface area contributed by atoms with E-state index in [2.05, 4.69) is 15.9 Å².